The zero-order valence-electron chi connectivity index (χ0n) is 43.1. The number of aryl methyl sites for hydroxylation is 2. The number of aromatic nitrogens is 6. The van der Waals surface area contributed by atoms with E-state index in [2.05, 4.69) is 31.3 Å². The normalized spacial score (nSPS) is 16.3. The largest absolute Gasteiger partial charge is 0.466 e. The number of sulfone groups is 1. The molecule has 0 saturated carbocycles. The van der Waals surface area contributed by atoms with Gasteiger partial charge in [-0.05, 0) is 120 Å². The number of carbonyl (C=O) groups excluding carboxylic acids is 1. The van der Waals surface area contributed by atoms with Gasteiger partial charge < -0.3 is 14.2 Å². The van der Waals surface area contributed by atoms with Crippen LogP contribution in [0.15, 0.2) is 110 Å². The van der Waals surface area contributed by atoms with Crippen molar-refractivity contribution in [1.29, 1.82) is 0 Å². The third-order valence-electron chi connectivity index (χ3n) is 13.8. The van der Waals surface area contributed by atoms with Gasteiger partial charge in [0.05, 0.1) is 39.8 Å². The van der Waals surface area contributed by atoms with Gasteiger partial charge in [0.2, 0.25) is 0 Å². The summed E-state index contributed by atoms with van der Waals surface area (Å²) in [5.41, 5.74) is 2.00. The summed E-state index contributed by atoms with van der Waals surface area (Å²) in [4.78, 5) is 17.3. The van der Waals surface area contributed by atoms with Gasteiger partial charge in [0.15, 0.2) is 21.5 Å². The number of esters is 1. The quantitative estimate of drug-likeness (QED) is 0.0340. The SMILES string of the molecule is C=Cc1c(Oc2ccc(F)c(-c3nc(C(C)(CCCS(=O)(=O)C(C)(C)c4cnn(COCC[Si](C)(C)C)c4)c4cccc(CCC(=O)OCC)c4)nn3C)c2)ccc2c1ccn2S(=O)(=O)C1(C)CC=CC=C1F. The van der Waals surface area contributed by atoms with E-state index in [0.717, 1.165) is 27.2 Å². The Morgan fingerprint density at radius 2 is 1.78 bits per heavy atom. The average molecular weight is 1060 g/mol. The minimum Gasteiger partial charge on any atom is -0.466 e. The number of rotatable bonds is 23. The topological polar surface area (TPSA) is 167 Å². The summed E-state index contributed by atoms with van der Waals surface area (Å²) in [6.45, 7) is 20.3. The molecule has 6 aromatic rings. The molecule has 19 heteroatoms. The van der Waals surface area contributed by atoms with Crippen molar-refractivity contribution in [2.24, 2.45) is 7.05 Å². The molecule has 7 rings (SSSR count). The zero-order valence-corrected chi connectivity index (χ0v) is 45.7. The number of allylic oxidation sites excluding steroid dienone is 3. The fourth-order valence-electron chi connectivity index (χ4n) is 8.85. The van der Waals surface area contributed by atoms with Crippen LogP contribution in [0, 0.1) is 5.82 Å². The van der Waals surface area contributed by atoms with E-state index in [1.165, 1.54) is 48.2 Å². The maximum atomic E-state index is 16.1. The van der Waals surface area contributed by atoms with Crippen molar-refractivity contribution >= 4 is 50.9 Å². The Bertz CT molecular complexity index is 3320. The van der Waals surface area contributed by atoms with Gasteiger partial charge >= 0.3 is 5.97 Å². The molecule has 0 aliphatic heterocycles. The van der Waals surface area contributed by atoms with E-state index >= 15 is 8.78 Å². The Morgan fingerprint density at radius 3 is 2.49 bits per heavy atom. The van der Waals surface area contributed by atoms with E-state index in [9.17, 15) is 21.6 Å². The number of carbonyl (C=O) groups is 1. The average Bonchev–Trinajstić information content (AvgIpc) is 4.11. The Labute approximate surface area is 428 Å². The van der Waals surface area contributed by atoms with Crippen LogP contribution in [0.4, 0.5) is 8.78 Å². The van der Waals surface area contributed by atoms with Crippen LogP contribution in [0.5, 0.6) is 11.5 Å². The fraction of sp³-hybridized carbons (Fsp3) is 0.407. The van der Waals surface area contributed by atoms with Gasteiger partial charge in [-0.25, -0.2) is 43.9 Å². The first-order valence-electron chi connectivity index (χ1n) is 24.4. The van der Waals surface area contributed by atoms with E-state index in [1.807, 2.05) is 31.2 Å². The molecule has 73 heavy (non-hydrogen) atoms. The van der Waals surface area contributed by atoms with Crippen LogP contribution in [0.2, 0.25) is 25.7 Å². The summed E-state index contributed by atoms with van der Waals surface area (Å²) in [6, 6.07) is 17.6. The molecular weight excluding hydrogens is 991 g/mol. The summed E-state index contributed by atoms with van der Waals surface area (Å²) in [6.07, 6.45) is 11.5. The number of hydrogen-bond donors (Lipinski definition) is 0. The molecule has 2 unspecified atom stereocenters. The minimum atomic E-state index is -4.27. The lowest BCUT2D eigenvalue weighted by Crippen LogP contribution is -2.40. The second-order valence-corrected chi connectivity index (χ2v) is 31.1. The predicted molar refractivity (Wildman–Crippen MR) is 284 cm³/mol. The van der Waals surface area contributed by atoms with Gasteiger partial charge in [0.25, 0.3) is 10.0 Å². The van der Waals surface area contributed by atoms with Crippen molar-refractivity contribution in [3.63, 3.8) is 0 Å². The van der Waals surface area contributed by atoms with Gasteiger partial charge in [-0.1, -0.05) is 68.7 Å². The van der Waals surface area contributed by atoms with Crippen molar-refractivity contribution in [1.82, 2.24) is 28.5 Å². The molecule has 2 atom stereocenters. The molecule has 0 saturated heterocycles. The number of hydrogen-bond acceptors (Lipinski definition) is 11. The van der Waals surface area contributed by atoms with Crippen molar-refractivity contribution in [3.05, 3.63) is 144 Å². The molecule has 390 valence electrons. The number of benzene rings is 3. The first-order valence-corrected chi connectivity index (χ1v) is 31.2. The van der Waals surface area contributed by atoms with Crippen LogP contribution in [0.1, 0.15) is 88.4 Å². The minimum absolute atomic E-state index is 0.0366. The third kappa shape index (κ3) is 11.4. The monoisotopic (exact) mass is 1060 g/mol. The Morgan fingerprint density at radius 1 is 1.01 bits per heavy atom. The summed E-state index contributed by atoms with van der Waals surface area (Å²) in [5.74, 6) is -0.840. The molecule has 0 N–H and O–H groups in total. The second-order valence-electron chi connectivity index (χ2n) is 20.6. The van der Waals surface area contributed by atoms with Crippen molar-refractivity contribution in [2.45, 2.75) is 114 Å². The van der Waals surface area contributed by atoms with E-state index in [-0.39, 0.29) is 67.9 Å². The van der Waals surface area contributed by atoms with Gasteiger partial charge in [-0.15, -0.1) is 0 Å². The highest BCUT2D eigenvalue weighted by Gasteiger charge is 2.45. The van der Waals surface area contributed by atoms with Crippen molar-refractivity contribution in [3.8, 4) is 22.9 Å². The maximum absolute atomic E-state index is 16.1. The first kappa shape index (κ1) is 54.7. The van der Waals surface area contributed by atoms with Gasteiger partial charge in [-0.3, -0.25) is 4.79 Å². The van der Waals surface area contributed by atoms with E-state index in [1.54, 1.807) is 69.2 Å². The third-order valence-corrected chi connectivity index (χ3v) is 20.5. The van der Waals surface area contributed by atoms with Crippen LogP contribution in [0.25, 0.3) is 28.4 Å². The van der Waals surface area contributed by atoms with Crippen LogP contribution in [-0.4, -0.2) is 83.1 Å². The van der Waals surface area contributed by atoms with Crippen LogP contribution >= 0.6 is 0 Å². The summed E-state index contributed by atoms with van der Waals surface area (Å²) in [7, 11) is -7.68. The number of halogens is 2. The van der Waals surface area contributed by atoms with Crippen molar-refractivity contribution in [2.75, 3.05) is 19.0 Å². The van der Waals surface area contributed by atoms with Crippen LogP contribution < -0.4 is 4.74 Å². The number of ether oxygens (including phenoxy) is 3. The predicted octanol–water partition coefficient (Wildman–Crippen LogP) is 11.2. The molecule has 0 spiro atoms. The molecule has 0 radical (unpaired) electrons. The summed E-state index contributed by atoms with van der Waals surface area (Å²) in [5, 5.41) is 9.75. The highest BCUT2D eigenvalue weighted by Crippen LogP contribution is 2.42. The molecular formula is C54H66F2N6O8S2Si. The number of nitrogens with zero attached hydrogens (tertiary/aromatic N) is 6. The summed E-state index contributed by atoms with van der Waals surface area (Å²) >= 11 is 0. The Hall–Kier alpha value is -6.02. The first-order chi connectivity index (χ1) is 34.3. The van der Waals surface area contributed by atoms with Crippen LogP contribution in [0.3, 0.4) is 0 Å². The molecule has 0 fully saturated rings. The van der Waals surface area contributed by atoms with Gasteiger partial charge in [0.1, 0.15) is 34.6 Å². The Balaban J connectivity index is 1.17. The number of fused-ring (bicyclic) bond motifs is 1. The highest BCUT2D eigenvalue weighted by atomic mass is 32.2. The molecule has 1 aliphatic rings. The molecule has 0 bridgehead atoms. The second kappa shape index (κ2) is 21.4. The van der Waals surface area contributed by atoms with E-state index in [0.29, 0.717) is 46.6 Å². The smallest absolute Gasteiger partial charge is 0.306 e. The van der Waals surface area contributed by atoms with E-state index in [4.69, 9.17) is 24.3 Å². The van der Waals surface area contributed by atoms with E-state index < -0.39 is 54.5 Å². The lowest BCUT2D eigenvalue weighted by molar-refractivity contribution is -0.143. The Kier molecular flexibility index (Phi) is 16.1. The van der Waals surface area contributed by atoms with Gasteiger partial charge in [-0.2, -0.15) is 10.2 Å². The molecule has 3 aromatic carbocycles. The lowest BCUT2D eigenvalue weighted by atomic mass is 9.77. The fourth-order valence-corrected chi connectivity index (χ4v) is 12.8. The molecule has 3 heterocycles. The molecule has 1 aliphatic carbocycles. The van der Waals surface area contributed by atoms with Crippen molar-refractivity contribution < 1.29 is 44.6 Å². The van der Waals surface area contributed by atoms with Crippen LogP contribution in [-0.2, 0) is 64.5 Å². The molecule has 14 nitrogen and oxygen atoms in total. The molecule has 0 amide bonds. The standard InChI is InChI=1S/C54H66F2N6O8S2Si/c1-11-42-43-26-29-62(72(66,67)54(6)28-14-13-19-48(54)56)46(43)23-24-47(42)70-41-21-22-45(55)44(34-41)50-58-51(59-60(50)7)53(5,39-18-15-17-38(33-39)20-25-49(63)69-12-2)27-16-31-71(64,65)52(3,4)40-35-57-61(36-40)37-68-30-32-73(8,9)10/h11,13-15,17-19,21-24,26,29,33-36H,1,12,16,20,25,27-28,30-32,37H2,2-10H3. The molecule has 3 aromatic heterocycles. The zero-order chi connectivity index (χ0) is 53.1. The van der Waals surface area contributed by atoms with Gasteiger partial charge in [0, 0.05) is 57.1 Å². The highest BCUT2D eigenvalue weighted by molar-refractivity contribution is 7.92. The summed E-state index contributed by atoms with van der Waals surface area (Å²) < 4.78 is 106. The maximum Gasteiger partial charge on any atom is 0.306 e. The lowest BCUT2D eigenvalue weighted by Gasteiger charge is -2.29.